The minimum atomic E-state index is 0.544. The van der Waals surface area contributed by atoms with Crippen molar-refractivity contribution >= 4 is 5.96 Å². The zero-order valence-corrected chi connectivity index (χ0v) is 14.9. The van der Waals surface area contributed by atoms with E-state index in [-0.39, 0.29) is 0 Å². The molecule has 134 valence electrons. The van der Waals surface area contributed by atoms with Gasteiger partial charge in [0.05, 0.1) is 19.9 Å². The summed E-state index contributed by atoms with van der Waals surface area (Å²) in [4.78, 5) is 8.62. The van der Waals surface area contributed by atoms with E-state index in [4.69, 9.17) is 9.47 Å². The van der Waals surface area contributed by atoms with Crippen LogP contribution >= 0.6 is 0 Å². The molecule has 0 spiro atoms. The molecular formula is C19H26N4O2. The van der Waals surface area contributed by atoms with Crippen LogP contribution in [0.4, 0.5) is 0 Å². The summed E-state index contributed by atoms with van der Waals surface area (Å²) in [6.45, 7) is 4.74. The molecule has 0 aliphatic rings. The number of rotatable bonds is 9. The van der Waals surface area contributed by atoms with Crippen molar-refractivity contribution in [1.82, 2.24) is 15.6 Å². The number of nitrogens with zero attached hydrogens (tertiary/aromatic N) is 2. The number of hydrogen-bond acceptors (Lipinski definition) is 4. The fourth-order valence-corrected chi connectivity index (χ4v) is 2.31. The van der Waals surface area contributed by atoms with E-state index >= 15 is 0 Å². The van der Waals surface area contributed by atoms with Gasteiger partial charge in [-0.3, -0.25) is 9.98 Å². The smallest absolute Gasteiger partial charge is 0.191 e. The SMILES string of the molecule is CCNC(=NCCc1ccccc1OC)NCCOc1cccnc1. The summed E-state index contributed by atoms with van der Waals surface area (Å²) in [7, 11) is 1.69. The lowest BCUT2D eigenvalue weighted by atomic mass is 10.1. The highest BCUT2D eigenvalue weighted by Crippen LogP contribution is 2.17. The van der Waals surface area contributed by atoms with Gasteiger partial charge in [-0.25, -0.2) is 0 Å². The van der Waals surface area contributed by atoms with Crippen molar-refractivity contribution in [1.29, 1.82) is 0 Å². The minimum absolute atomic E-state index is 0.544. The Bertz CT molecular complexity index is 647. The van der Waals surface area contributed by atoms with Gasteiger partial charge in [-0.15, -0.1) is 0 Å². The molecule has 0 unspecified atom stereocenters. The molecule has 2 rings (SSSR count). The van der Waals surface area contributed by atoms with Crippen LogP contribution in [0, 0.1) is 0 Å². The molecule has 1 aromatic heterocycles. The minimum Gasteiger partial charge on any atom is -0.496 e. The zero-order chi connectivity index (χ0) is 17.7. The number of guanidine groups is 1. The maximum atomic E-state index is 5.61. The van der Waals surface area contributed by atoms with Crippen LogP contribution in [0.2, 0.25) is 0 Å². The second-order valence-corrected chi connectivity index (χ2v) is 5.29. The van der Waals surface area contributed by atoms with Crippen molar-refractivity contribution in [3.05, 3.63) is 54.4 Å². The summed E-state index contributed by atoms with van der Waals surface area (Å²) in [5.41, 5.74) is 1.16. The van der Waals surface area contributed by atoms with Gasteiger partial charge < -0.3 is 20.1 Å². The van der Waals surface area contributed by atoms with Crippen LogP contribution in [0.25, 0.3) is 0 Å². The third-order valence-corrected chi connectivity index (χ3v) is 3.49. The van der Waals surface area contributed by atoms with Crippen molar-refractivity contribution in [3.63, 3.8) is 0 Å². The number of aliphatic imine (C=N–C) groups is 1. The molecule has 0 bridgehead atoms. The fraction of sp³-hybridized carbons (Fsp3) is 0.368. The quantitative estimate of drug-likeness (QED) is 0.416. The summed E-state index contributed by atoms with van der Waals surface area (Å²) in [6, 6.07) is 11.8. The topological polar surface area (TPSA) is 67.8 Å². The Morgan fingerprint density at radius 2 is 2.04 bits per heavy atom. The van der Waals surface area contributed by atoms with Gasteiger partial charge in [0, 0.05) is 19.3 Å². The Labute approximate surface area is 149 Å². The van der Waals surface area contributed by atoms with Gasteiger partial charge in [0.25, 0.3) is 0 Å². The highest BCUT2D eigenvalue weighted by Gasteiger charge is 2.02. The van der Waals surface area contributed by atoms with Gasteiger partial charge in [-0.05, 0) is 37.1 Å². The largest absolute Gasteiger partial charge is 0.496 e. The monoisotopic (exact) mass is 342 g/mol. The molecule has 0 aliphatic heterocycles. The van der Waals surface area contributed by atoms with E-state index in [1.165, 1.54) is 0 Å². The van der Waals surface area contributed by atoms with Gasteiger partial charge in [0.15, 0.2) is 5.96 Å². The Balaban J connectivity index is 1.77. The van der Waals surface area contributed by atoms with Crippen molar-refractivity contribution in [2.24, 2.45) is 4.99 Å². The van der Waals surface area contributed by atoms with Gasteiger partial charge >= 0.3 is 0 Å². The van der Waals surface area contributed by atoms with Gasteiger partial charge in [-0.1, -0.05) is 18.2 Å². The predicted octanol–water partition coefficient (Wildman–Crippen LogP) is 2.27. The first-order valence-electron chi connectivity index (χ1n) is 8.50. The van der Waals surface area contributed by atoms with Crippen molar-refractivity contribution in [2.75, 3.05) is 33.4 Å². The first-order chi connectivity index (χ1) is 12.3. The number of nitrogens with one attached hydrogen (secondary N) is 2. The van der Waals surface area contributed by atoms with Crippen molar-refractivity contribution in [3.8, 4) is 11.5 Å². The normalized spacial score (nSPS) is 11.0. The van der Waals surface area contributed by atoms with Crippen molar-refractivity contribution < 1.29 is 9.47 Å². The standard InChI is InChI=1S/C19H26N4O2/c1-3-21-19(23-13-14-25-17-8-6-11-20-15-17)22-12-10-16-7-4-5-9-18(16)24-2/h4-9,11,15H,3,10,12-14H2,1-2H3,(H2,21,22,23). The molecule has 0 saturated heterocycles. The van der Waals surface area contributed by atoms with E-state index in [0.717, 1.165) is 36.0 Å². The van der Waals surface area contributed by atoms with Crippen molar-refractivity contribution in [2.45, 2.75) is 13.3 Å². The average Bonchev–Trinajstić information content (AvgIpc) is 2.66. The first-order valence-corrected chi connectivity index (χ1v) is 8.50. The van der Waals surface area contributed by atoms with E-state index < -0.39 is 0 Å². The molecule has 6 heteroatoms. The summed E-state index contributed by atoms with van der Waals surface area (Å²) < 4.78 is 11.0. The second-order valence-electron chi connectivity index (χ2n) is 5.29. The van der Waals surface area contributed by atoms with Crippen LogP contribution in [-0.4, -0.2) is 44.3 Å². The number of benzene rings is 1. The molecule has 0 saturated carbocycles. The summed E-state index contributed by atoms with van der Waals surface area (Å²) in [5, 5.41) is 6.50. The Kier molecular flexibility index (Phi) is 8.11. The van der Waals surface area contributed by atoms with Gasteiger partial charge in [-0.2, -0.15) is 0 Å². The molecule has 0 fully saturated rings. The number of hydrogen-bond donors (Lipinski definition) is 2. The molecule has 0 amide bonds. The van der Waals surface area contributed by atoms with Gasteiger partial charge in [0.2, 0.25) is 0 Å². The maximum absolute atomic E-state index is 5.61. The number of pyridine rings is 1. The number of para-hydroxylation sites is 1. The Morgan fingerprint density at radius 1 is 1.16 bits per heavy atom. The van der Waals surface area contributed by atoms with Crippen LogP contribution < -0.4 is 20.1 Å². The van der Waals surface area contributed by atoms with Crippen LogP contribution in [0.15, 0.2) is 53.8 Å². The molecule has 0 radical (unpaired) electrons. The number of methoxy groups -OCH3 is 1. The molecule has 6 nitrogen and oxygen atoms in total. The molecule has 1 aromatic carbocycles. The van der Waals surface area contributed by atoms with E-state index in [1.807, 2.05) is 37.3 Å². The second kappa shape index (κ2) is 10.9. The average molecular weight is 342 g/mol. The summed E-state index contributed by atoms with van der Waals surface area (Å²) in [5.74, 6) is 2.45. The fourth-order valence-electron chi connectivity index (χ4n) is 2.31. The molecule has 0 atom stereocenters. The van der Waals surface area contributed by atoms with Crippen LogP contribution in [-0.2, 0) is 6.42 Å². The van der Waals surface area contributed by atoms with Crippen LogP contribution in [0.3, 0.4) is 0 Å². The molecule has 25 heavy (non-hydrogen) atoms. The third kappa shape index (κ3) is 6.71. The molecular weight excluding hydrogens is 316 g/mol. The Hall–Kier alpha value is -2.76. The van der Waals surface area contributed by atoms with E-state index in [1.54, 1.807) is 19.5 Å². The molecule has 2 N–H and O–H groups in total. The number of ether oxygens (including phenoxy) is 2. The lowest BCUT2D eigenvalue weighted by molar-refractivity contribution is 0.320. The highest BCUT2D eigenvalue weighted by molar-refractivity contribution is 5.79. The summed E-state index contributed by atoms with van der Waals surface area (Å²) >= 11 is 0. The lowest BCUT2D eigenvalue weighted by Gasteiger charge is -2.12. The van der Waals surface area contributed by atoms with E-state index in [2.05, 4.69) is 26.7 Å². The number of aromatic nitrogens is 1. The Morgan fingerprint density at radius 3 is 2.80 bits per heavy atom. The first kappa shape index (κ1) is 18.6. The maximum Gasteiger partial charge on any atom is 0.191 e. The molecule has 0 aliphatic carbocycles. The third-order valence-electron chi connectivity index (χ3n) is 3.49. The zero-order valence-electron chi connectivity index (χ0n) is 14.9. The lowest BCUT2D eigenvalue weighted by Crippen LogP contribution is -2.39. The van der Waals surface area contributed by atoms with Gasteiger partial charge in [0.1, 0.15) is 18.1 Å². The van der Waals surface area contributed by atoms with E-state index in [0.29, 0.717) is 19.7 Å². The van der Waals surface area contributed by atoms with Crippen LogP contribution in [0.5, 0.6) is 11.5 Å². The predicted molar refractivity (Wildman–Crippen MR) is 100 cm³/mol. The van der Waals surface area contributed by atoms with Crippen LogP contribution in [0.1, 0.15) is 12.5 Å². The summed E-state index contributed by atoms with van der Waals surface area (Å²) in [6.07, 6.45) is 4.25. The molecule has 1 heterocycles. The highest BCUT2D eigenvalue weighted by atomic mass is 16.5. The molecule has 2 aromatic rings. The van der Waals surface area contributed by atoms with E-state index in [9.17, 15) is 0 Å².